The Kier molecular flexibility index (Phi) is 2.96. The summed E-state index contributed by atoms with van der Waals surface area (Å²) in [5.74, 6) is 0.899. The van der Waals surface area contributed by atoms with Crippen molar-refractivity contribution in [3.05, 3.63) is 25.8 Å². The highest BCUT2D eigenvalue weighted by Crippen LogP contribution is 2.37. The summed E-state index contributed by atoms with van der Waals surface area (Å²) in [5.41, 5.74) is 0.921. The number of halogens is 2. The normalized spacial score (nSPS) is 15.1. The molecule has 0 saturated heterocycles. The number of Topliss-reactive ketones (excluding diaryl/α,β-unsaturated/α-hetero) is 1. The van der Waals surface area contributed by atoms with Gasteiger partial charge in [0.25, 0.3) is 0 Å². The number of carbonyl (C=O) groups excluding carboxylic acids is 1. The van der Waals surface area contributed by atoms with Gasteiger partial charge in [0, 0.05) is 12.5 Å². The Morgan fingerprint density at radius 3 is 2.82 bits per heavy atom. The van der Waals surface area contributed by atoms with Gasteiger partial charge in [-0.25, -0.2) is 4.98 Å². The maximum atomic E-state index is 11.7. The van der Waals surface area contributed by atoms with Crippen molar-refractivity contribution in [1.29, 1.82) is 0 Å². The largest absolute Gasteiger partial charge is 0.446 e. The van der Waals surface area contributed by atoms with E-state index < -0.39 is 0 Å². The van der Waals surface area contributed by atoms with Crippen LogP contribution in [0.2, 0.25) is 0 Å². The van der Waals surface area contributed by atoms with Gasteiger partial charge in [-0.05, 0) is 44.7 Å². The van der Waals surface area contributed by atoms with Gasteiger partial charge in [-0.3, -0.25) is 4.79 Å². The Labute approximate surface area is 118 Å². The number of thiazole rings is 1. The fourth-order valence-corrected chi connectivity index (χ4v) is 3.44. The molecule has 2 heterocycles. The highest BCUT2D eigenvalue weighted by Gasteiger charge is 2.24. The smallest absolute Gasteiger partial charge is 0.184 e. The molecule has 1 aliphatic rings. The molecule has 0 aromatic carbocycles. The van der Waals surface area contributed by atoms with Crippen LogP contribution in [0.3, 0.4) is 0 Å². The van der Waals surface area contributed by atoms with Gasteiger partial charge in [0.15, 0.2) is 21.2 Å². The minimum absolute atomic E-state index is 0.208. The van der Waals surface area contributed by atoms with Gasteiger partial charge in [-0.15, -0.1) is 11.3 Å². The molecule has 0 atom stereocenters. The number of aryl methyl sites for hydroxylation is 1. The van der Waals surface area contributed by atoms with E-state index in [1.807, 2.05) is 6.07 Å². The molecule has 0 amide bonds. The Bertz CT molecular complexity index is 583. The summed E-state index contributed by atoms with van der Waals surface area (Å²) in [6, 6.07) is 1.86. The van der Waals surface area contributed by atoms with Gasteiger partial charge in [0.1, 0.15) is 0 Å². The molecule has 88 valence electrons. The van der Waals surface area contributed by atoms with Crippen molar-refractivity contribution < 1.29 is 9.21 Å². The number of ketones is 1. The van der Waals surface area contributed by atoms with Crippen LogP contribution >= 0.6 is 43.2 Å². The van der Waals surface area contributed by atoms with E-state index in [2.05, 4.69) is 36.8 Å². The van der Waals surface area contributed by atoms with E-state index in [9.17, 15) is 4.79 Å². The zero-order chi connectivity index (χ0) is 12.0. The average molecular weight is 377 g/mol. The van der Waals surface area contributed by atoms with E-state index in [-0.39, 0.29) is 5.78 Å². The summed E-state index contributed by atoms with van der Waals surface area (Å²) in [6.07, 6.45) is 2.43. The van der Waals surface area contributed by atoms with Crippen molar-refractivity contribution in [2.75, 3.05) is 0 Å². The van der Waals surface area contributed by atoms with E-state index in [0.29, 0.717) is 16.9 Å². The summed E-state index contributed by atoms with van der Waals surface area (Å²) >= 11 is 8.08. The second-order valence-corrected chi connectivity index (χ2v) is 6.38. The molecule has 6 heteroatoms. The number of carbonyl (C=O) groups is 1. The molecular weight excluding hydrogens is 370 g/mol. The lowest BCUT2D eigenvalue weighted by molar-refractivity contribution is 0.0976. The van der Waals surface area contributed by atoms with Crippen LogP contribution in [0.1, 0.15) is 28.2 Å². The lowest BCUT2D eigenvalue weighted by atomic mass is 10.0. The van der Waals surface area contributed by atoms with E-state index in [0.717, 1.165) is 32.9 Å². The van der Waals surface area contributed by atoms with E-state index >= 15 is 0 Å². The average Bonchev–Trinajstić information content (AvgIpc) is 2.85. The second-order valence-electron chi connectivity index (χ2n) is 3.80. The first-order valence-electron chi connectivity index (χ1n) is 5.13. The van der Waals surface area contributed by atoms with Crippen molar-refractivity contribution in [1.82, 2.24) is 4.98 Å². The van der Waals surface area contributed by atoms with Crippen LogP contribution in [0.5, 0.6) is 0 Å². The molecule has 0 fully saturated rings. The van der Waals surface area contributed by atoms with Crippen LogP contribution in [-0.2, 0) is 6.42 Å². The molecule has 0 spiro atoms. The lowest BCUT2D eigenvalue weighted by Crippen LogP contribution is -2.07. The zero-order valence-corrected chi connectivity index (χ0v) is 12.6. The molecule has 0 aliphatic heterocycles. The number of aromatic nitrogens is 1. The SMILES string of the molecule is O=C1CCCc2nc(-c3cc(Br)c(Br)o3)sc21. The van der Waals surface area contributed by atoms with Crippen LogP contribution < -0.4 is 0 Å². The number of rotatable bonds is 1. The predicted octanol–water partition coefficient (Wildman–Crippen LogP) is 4.45. The molecule has 0 N–H and O–H groups in total. The first-order chi connectivity index (χ1) is 8.15. The third kappa shape index (κ3) is 2.02. The predicted molar refractivity (Wildman–Crippen MR) is 72.5 cm³/mol. The van der Waals surface area contributed by atoms with Crippen LogP contribution in [0, 0.1) is 0 Å². The van der Waals surface area contributed by atoms with Crippen molar-refractivity contribution >= 4 is 49.0 Å². The third-order valence-corrected chi connectivity index (χ3v) is 5.49. The summed E-state index contributed by atoms with van der Waals surface area (Å²) in [5, 5.41) is 0.775. The van der Waals surface area contributed by atoms with Crippen LogP contribution in [-0.4, -0.2) is 10.8 Å². The molecule has 0 saturated carbocycles. The number of hydrogen-bond acceptors (Lipinski definition) is 4. The van der Waals surface area contributed by atoms with Gasteiger partial charge < -0.3 is 4.42 Å². The molecule has 2 aromatic heterocycles. The standard InChI is InChI=1S/C11H7Br2NO2S/c12-5-4-8(16-10(5)13)11-14-6-2-1-3-7(15)9(6)17-11/h4H,1-3H2. The molecule has 0 radical (unpaired) electrons. The number of nitrogens with zero attached hydrogens (tertiary/aromatic N) is 1. The monoisotopic (exact) mass is 375 g/mol. The van der Waals surface area contributed by atoms with Gasteiger partial charge in [-0.2, -0.15) is 0 Å². The van der Waals surface area contributed by atoms with Crippen molar-refractivity contribution in [2.24, 2.45) is 0 Å². The summed E-state index contributed by atoms with van der Waals surface area (Å²) < 4.78 is 7.02. The molecule has 17 heavy (non-hydrogen) atoms. The number of furan rings is 1. The Morgan fingerprint density at radius 1 is 1.35 bits per heavy atom. The second kappa shape index (κ2) is 4.33. The Balaban J connectivity index is 2.07. The Morgan fingerprint density at radius 2 is 2.18 bits per heavy atom. The lowest BCUT2D eigenvalue weighted by Gasteiger charge is -2.06. The van der Waals surface area contributed by atoms with Crippen LogP contribution in [0.25, 0.3) is 10.8 Å². The summed E-state index contributed by atoms with van der Waals surface area (Å²) in [4.78, 5) is 17.0. The van der Waals surface area contributed by atoms with Crippen molar-refractivity contribution in [3.8, 4) is 10.8 Å². The molecule has 0 bridgehead atoms. The summed E-state index contributed by atoms with van der Waals surface area (Å²) in [7, 11) is 0. The minimum atomic E-state index is 0.208. The van der Waals surface area contributed by atoms with E-state index in [1.54, 1.807) is 0 Å². The number of fused-ring (bicyclic) bond motifs is 1. The van der Waals surface area contributed by atoms with Gasteiger partial charge in [-0.1, -0.05) is 0 Å². The highest BCUT2D eigenvalue weighted by atomic mass is 79.9. The zero-order valence-electron chi connectivity index (χ0n) is 8.63. The van der Waals surface area contributed by atoms with Crippen LogP contribution in [0.4, 0.5) is 0 Å². The topological polar surface area (TPSA) is 43.1 Å². The van der Waals surface area contributed by atoms with Gasteiger partial charge in [0.05, 0.1) is 15.0 Å². The minimum Gasteiger partial charge on any atom is -0.446 e. The van der Waals surface area contributed by atoms with E-state index in [1.165, 1.54) is 11.3 Å². The highest BCUT2D eigenvalue weighted by molar-refractivity contribution is 9.13. The quantitative estimate of drug-likeness (QED) is 0.738. The van der Waals surface area contributed by atoms with Gasteiger partial charge in [0.2, 0.25) is 0 Å². The van der Waals surface area contributed by atoms with E-state index in [4.69, 9.17) is 4.42 Å². The maximum Gasteiger partial charge on any atom is 0.184 e. The molecule has 3 rings (SSSR count). The summed E-state index contributed by atoms with van der Waals surface area (Å²) in [6.45, 7) is 0. The van der Waals surface area contributed by atoms with Crippen molar-refractivity contribution in [3.63, 3.8) is 0 Å². The molecule has 1 aliphatic carbocycles. The fraction of sp³-hybridized carbons (Fsp3) is 0.273. The number of hydrogen-bond donors (Lipinski definition) is 0. The Hall–Kier alpha value is -0.460. The maximum absolute atomic E-state index is 11.7. The molecule has 3 nitrogen and oxygen atoms in total. The van der Waals surface area contributed by atoms with Crippen LogP contribution in [0.15, 0.2) is 19.6 Å². The first kappa shape index (κ1) is 11.6. The molecule has 0 unspecified atom stereocenters. The fourth-order valence-electron chi connectivity index (χ4n) is 1.83. The molecular formula is C11H7Br2NO2S. The van der Waals surface area contributed by atoms with Gasteiger partial charge >= 0.3 is 0 Å². The molecule has 2 aromatic rings. The van der Waals surface area contributed by atoms with Crippen molar-refractivity contribution in [2.45, 2.75) is 19.3 Å². The third-order valence-electron chi connectivity index (χ3n) is 2.62. The first-order valence-corrected chi connectivity index (χ1v) is 7.53.